The first kappa shape index (κ1) is 16.6. The molecule has 23 heavy (non-hydrogen) atoms. The Kier molecular flexibility index (Phi) is 3.88. The van der Waals surface area contributed by atoms with Crippen LogP contribution in [0.25, 0.3) is 0 Å². The van der Waals surface area contributed by atoms with Crippen LogP contribution in [-0.4, -0.2) is 27.7 Å². The minimum absolute atomic E-state index is 0.109. The van der Waals surface area contributed by atoms with Gasteiger partial charge in [0.05, 0.1) is 12.2 Å². The molecule has 2 bridgehead atoms. The second kappa shape index (κ2) is 5.38. The van der Waals surface area contributed by atoms with Crippen LogP contribution in [0.1, 0.15) is 23.5 Å². The molecule has 3 rings (SSSR count). The standard InChI is InChI=1S/C13H11F5O4S/c1-21-6-3-4-2-5-7(8(6)13(4)22-23(18,19)20)10(15)12(17)11(16)9(5)14/h4,6,8,13H,2-3H2,1H3/t4-,6-,8-,13?/m1/s1. The van der Waals surface area contributed by atoms with Gasteiger partial charge in [-0.1, -0.05) is 3.89 Å². The molecule has 2 aliphatic carbocycles. The Bertz CT molecular complexity index is 766. The average molecular weight is 358 g/mol. The van der Waals surface area contributed by atoms with Crippen LogP contribution in [0.5, 0.6) is 0 Å². The summed E-state index contributed by atoms with van der Waals surface area (Å²) in [4.78, 5) is 0. The molecule has 2 aliphatic rings. The highest BCUT2D eigenvalue weighted by Crippen LogP contribution is 2.51. The number of rotatable bonds is 3. The molecule has 0 saturated heterocycles. The Morgan fingerprint density at radius 1 is 1.04 bits per heavy atom. The predicted molar refractivity (Wildman–Crippen MR) is 66.5 cm³/mol. The van der Waals surface area contributed by atoms with E-state index in [-0.39, 0.29) is 12.8 Å². The van der Waals surface area contributed by atoms with E-state index in [1.165, 1.54) is 7.11 Å². The summed E-state index contributed by atoms with van der Waals surface area (Å²) >= 11 is 0. The smallest absolute Gasteiger partial charge is 0.381 e. The highest BCUT2D eigenvalue weighted by molar-refractivity contribution is 7.81. The third-order valence-electron chi connectivity index (χ3n) is 4.49. The Labute approximate surface area is 128 Å². The van der Waals surface area contributed by atoms with Gasteiger partial charge in [-0.3, -0.25) is 0 Å². The van der Waals surface area contributed by atoms with Crippen LogP contribution in [-0.2, 0) is 25.8 Å². The number of fused-ring (bicyclic) bond motifs is 4. The molecule has 0 aliphatic heterocycles. The first-order valence-electron chi connectivity index (χ1n) is 6.66. The Morgan fingerprint density at radius 2 is 1.65 bits per heavy atom. The monoisotopic (exact) mass is 358 g/mol. The molecule has 4 atom stereocenters. The van der Waals surface area contributed by atoms with E-state index in [9.17, 15) is 29.9 Å². The minimum Gasteiger partial charge on any atom is -0.381 e. The molecule has 0 aromatic heterocycles. The summed E-state index contributed by atoms with van der Waals surface area (Å²) in [6.45, 7) is 0. The normalized spacial score (nSPS) is 29.7. The van der Waals surface area contributed by atoms with Crippen LogP contribution in [0.4, 0.5) is 21.4 Å². The number of ether oxygens (including phenoxy) is 1. The number of methoxy groups -OCH3 is 1. The van der Waals surface area contributed by atoms with Crippen molar-refractivity contribution in [3.8, 4) is 0 Å². The first-order chi connectivity index (χ1) is 10.7. The molecule has 10 heteroatoms. The molecule has 1 unspecified atom stereocenters. The van der Waals surface area contributed by atoms with Crippen molar-refractivity contribution in [3.05, 3.63) is 34.4 Å². The first-order valence-corrected chi connectivity index (χ1v) is 7.97. The molecule has 1 aromatic carbocycles. The molecule has 0 heterocycles. The van der Waals surface area contributed by atoms with Crippen molar-refractivity contribution < 1.29 is 38.8 Å². The van der Waals surface area contributed by atoms with Crippen molar-refractivity contribution in [2.45, 2.75) is 31.0 Å². The lowest BCUT2D eigenvalue weighted by Gasteiger charge is -2.32. The molecule has 1 aromatic rings. The van der Waals surface area contributed by atoms with Crippen molar-refractivity contribution in [2.24, 2.45) is 5.92 Å². The fraction of sp³-hybridized carbons (Fsp3) is 0.538. The summed E-state index contributed by atoms with van der Waals surface area (Å²) in [7, 11) is -4.13. The predicted octanol–water partition coefficient (Wildman–Crippen LogP) is 2.52. The van der Waals surface area contributed by atoms with Gasteiger partial charge in [0.1, 0.15) is 0 Å². The SMILES string of the molecule is CO[C@@H]1C[C@H]2Cc3c(F)c(F)c(F)c(F)c3[C@@H]1C2OS(=O)(=O)F. The van der Waals surface area contributed by atoms with Gasteiger partial charge < -0.3 is 4.74 Å². The fourth-order valence-electron chi connectivity index (χ4n) is 3.65. The Balaban J connectivity index is 2.19. The Morgan fingerprint density at radius 3 is 2.22 bits per heavy atom. The molecule has 1 saturated carbocycles. The maximum Gasteiger partial charge on any atom is 0.437 e. The number of hydrogen-bond acceptors (Lipinski definition) is 4. The summed E-state index contributed by atoms with van der Waals surface area (Å²) in [5, 5.41) is 0. The maximum absolute atomic E-state index is 14.2. The van der Waals surface area contributed by atoms with E-state index in [2.05, 4.69) is 4.18 Å². The van der Waals surface area contributed by atoms with Gasteiger partial charge in [0.2, 0.25) is 0 Å². The van der Waals surface area contributed by atoms with E-state index in [1.807, 2.05) is 0 Å². The third-order valence-corrected chi connectivity index (χ3v) is 4.94. The highest BCUT2D eigenvalue weighted by Gasteiger charge is 2.53. The zero-order chi connectivity index (χ0) is 17.1. The van der Waals surface area contributed by atoms with Crippen molar-refractivity contribution in [1.82, 2.24) is 0 Å². The second-order valence-corrected chi connectivity index (χ2v) is 6.58. The number of halogens is 5. The highest BCUT2D eigenvalue weighted by atomic mass is 32.3. The summed E-state index contributed by atoms with van der Waals surface area (Å²) in [5.74, 6) is -9.12. The second-order valence-electron chi connectivity index (χ2n) is 5.60. The summed E-state index contributed by atoms with van der Waals surface area (Å²) in [6.07, 6.45) is -2.42. The molecule has 0 spiro atoms. The van der Waals surface area contributed by atoms with E-state index in [1.54, 1.807) is 0 Å². The molecular weight excluding hydrogens is 347 g/mol. The van der Waals surface area contributed by atoms with Crippen LogP contribution in [0.2, 0.25) is 0 Å². The lowest BCUT2D eigenvalue weighted by molar-refractivity contribution is 0.0681. The maximum atomic E-state index is 14.2. The largest absolute Gasteiger partial charge is 0.437 e. The number of benzene rings is 1. The van der Waals surface area contributed by atoms with Gasteiger partial charge in [-0.05, 0) is 24.3 Å². The topological polar surface area (TPSA) is 52.6 Å². The fourth-order valence-corrected chi connectivity index (χ4v) is 4.19. The van der Waals surface area contributed by atoms with Crippen molar-refractivity contribution in [2.75, 3.05) is 7.11 Å². The third kappa shape index (κ3) is 2.52. The summed E-state index contributed by atoms with van der Waals surface area (Å²) < 4.78 is 98.9. The van der Waals surface area contributed by atoms with Crippen molar-refractivity contribution in [3.63, 3.8) is 0 Å². The Hall–Kier alpha value is -1.26. The van der Waals surface area contributed by atoms with Crippen LogP contribution in [0.15, 0.2) is 0 Å². The van der Waals surface area contributed by atoms with E-state index >= 15 is 0 Å². The van der Waals surface area contributed by atoms with Crippen LogP contribution in [0.3, 0.4) is 0 Å². The zero-order valence-electron chi connectivity index (χ0n) is 11.7. The van der Waals surface area contributed by atoms with Gasteiger partial charge in [-0.15, -0.1) is 0 Å². The van der Waals surface area contributed by atoms with E-state index in [4.69, 9.17) is 4.74 Å². The van der Waals surface area contributed by atoms with Gasteiger partial charge in [0, 0.05) is 18.6 Å². The number of hydrogen-bond donors (Lipinski definition) is 0. The molecule has 0 radical (unpaired) electrons. The lowest BCUT2D eigenvalue weighted by atomic mass is 9.79. The van der Waals surface area contributed by atoms with Crippen LogP contribution in [0, 0.1) is 29.2 Å². The quantitative estimate of drug-likeness (QED) is 0.361. The van der Waals surface area contributed by atoms with E-state index in [0.717, 1.165) is 0 Å². The van der Waals surface area contributed by atoms with Gasteiger partial charge in [0.25, 0.3) is 0 Å². The molecule has 4 nitrogen and oxygen atoms in total. The molecular formula is C13H11F5O4S. The molecule has 0 amide bonds. The average Bonchev–Trinajstić information content (AvgIpc) is 2.68. The van der Waals surface area contributed by atoms with Crippen LogP contribution < -0.4 is 0 Å². The lowest BCUT2D eigenvalue weighted by Crippen LogP contribution is -2.35. The summed E-state index contributed by atoms with van der Waals surface area (Å²) in [5.41, 5.74) is -0.956. The van der Waals surface area contributed by atoms with Gasteiger partial charge >= 0.3 is 10.5 Å². The molecule has 0 N–H and O–H groups in total. The molecule has 1 fully saturated rings. The molecule has 128 valence electrons. The van der Waals surface area contributed by atoms with Crippen molar-refractivity contribution >= 4 is 10.5 Å². The van der Waals surface area contributed by atoms with Crippen LogP contribution >= 0.6 is 0 Å². The minimum atomic E-state index is -5.36. The van der Waals surface area contributed by atoms with E-state index in [0.29, 0.717) is 0 Å². The van der Waals surface area contributed by atoms with Crippen molar-refractivity contribution in [1.29, 1.82) is 0 Å². The zero-order valence-corrected chi connectivity index (χ0v) is 12.5. The van der Waals surface area contributed by atoms with Gasteiger partial charge in [-0.25, -0.2) is 21.7 Å². The summed E-state index contributed by atoms with van der Waals surface area (Å²) in [6, 6.07) is 0. The van der Waals surface area contributed by atoms with Gasteiger partial charge in [-0.2, -0.15) is 8.42 Å². The van der Waals surface area contributed by atoms with Gasteiger partial charge in [0.15, 0.2) is 23.3 Å². The van der Waals surface area contributed by atoms with E-state index < -0.39 is 68.9 Å².